The topological polar surface area (TPSA) is 56.1 Å². The number of hydrogen-bond donors (Lipinski definition) is 1. The van der Waals surface area contributed by atoms with Crippen LogP contribution in [0.3, 0.4) is 0 Å². The third kappa shape index (κ3) is 4.61. The lowest BCUT2D eigenvalue weighted by molar-refractivity contribution is 0.0949. The van der Waals surface area contributed by atoms with Gasteiger partial charge in [0.25, 0.3) is 5.91 Å². The molecule has 1 N–H and O–H groups in total. The Labute approximate surface area is 170 Å². The fourth-order valence-corrected chi connectivity index (χ4v) is 3.20. The Hall–Kier alpha value is -2.63. The molecule has 146 valence electrons. The average molecular weight is 398 g/mol. The van der Waals surface area contributed by atoms with Crippen molar-refractivity contribution in [3.05, 3.63) is 82.1 Å². The van der Waals surface area contributed by atoms with Crippen LogP contribution in [-0.4, -0.2) is 22.8 Å². The van der Waals surface area contributed by atoms with Gasteiger partial charge in [-0.1, -0.05) is 49.7 Å². The largest absolute Gasteiger partial charge is 0.380 e. The highest BCUT2D eigenvalue weighted by Gasteiger charge is 2.20. The van der Waals surface area contributed by atoms with Crippen molar-refractivity contribution in [3.63, 3.8) is 0 Å². The van der Waals surface area contributed by atoms with Gasteiger partial charge in [0.15, 0.2) is 0 Å². The van der Waals surface area contributed by atoms with Crippen molar-refractivity contribution < 1.29 is 9.53 Å². The fourth-order valence-electron chi connectivity index (χ4n) is 3.07. The lowest BCUT2D eigenvalue weighted by atomic mass is 10.0. The lowest BCUT2D eigenvalue weighted by Gasteiger charge is -2.13. The Bertz CT molecular complexity index is 931. The van der Waals surface area contributed by atoms with Gasteiger partial charge >= 0.3 is 0 Å². The Morgan fingerprint density at radius 2 is 1.75 bits per heavy atom. The summed E-state index contributed by atoms with van der Waals surface area (Å²) in [5, 5.41) is 8.10. The molecule has 1 amide bonds. The standard InChI is InChI=1S/C22H24ClN3O2/c1-15(2)21-20(13-25-26(21)19-10-8-18(23)9-11-19)22(27)24-12-16-4-6-17(7-5-16)14-28-3/h4-11,13,15H,12,14H2,1-3H3,(H,24,27). The number of amides is 1. The van der Waals surface area contributed by atoms with Crippen molar-refractivity contribution in [1.29, 1.82) is 0 Å². The van der Waals surface area contributed by atoms with Gasteiger partial charge in [0.2, 0.25) is 0 Å². The minimum Gasteiger partial charge on any atom is -0.380 e. The maximum Gasteiger partial charge on any atom is 0.255 e. The molecule has 0 aliphatic rings. The van der Waals surface area contributed by atoms with Crippen LogP contribution in [0, 0.1) is 0 Å². The molecule has 6 heteroatoms. The molecule has 5 nitrogen and oxygen atoms in total. The van der Waals surface area contributed by atoms with Crippen molar-refractivity contribution in [2.45, 2.75) is 32.9 Å². The molecule has 2 aromatic carbocycles. The summed E-state index contributed by atoms with van der Waals surface area (Å²) in [5.74, 6) is -0.00265. The number of methoxy groups -OCH3 is 1. The van der Waals surface area contributed by atoms with Crippen LogP contribution in [-0.2, 0) is 17.9 Å². The molecule has 3 aromatic rings. The molecule has 1 heterocycles. The summed E-state index contributed by atoms with van der Waals surface area (Å²) >= 11 is 5.98. The summed E-state index contributed by atoms with van der Waals surface area (Å²) in [4.78, 5) is 12.8. The van der Waals surface area contributed by atoms with E-state index < -0.39 is 0 Å². The average Bonchev–Trinajstić information content (AvgIpc) is 3.13. The number of rotatable bonds is 7. The summed E-state index contributed by atoms with van der Waals surface area (Å²) in [6.45, 7) is 5.13. The molecule has 0 spiro atoms. The highest BCUT2D eigenvalue weighted by atomic mass is 35.5. The van der Waals surface area contributed by atoms with E-state index in [9.17, 15) is 4.79 Å². The molecule has 3 rings (SSSR count). The van der Waals surface area contributed by atoms with Crippen LogP contribution in [0.2, 0.25) is 5.02 Å². The zero-order valence-corrected chi connectivity index (χ0v) is 17.0. The van der Waals surface area contributed by atoms with E-state index >= 15 is 0 Å². The number of hydrogen-bond acceptors (Lipinski definition) is 3. The minimum absolute atomic E-state index is 0.132. The molecule has 0 aliphatic heterocycles. The molecule has 0 saturated heterocycles. The van der Waals surface area contributed by atoms with Crippen LogP contribution >= 0.6 is 11.6 Å². The first-order chi connectivity index (χ1) is 13.5. The highest BCUT2D eigenvalue weighted by molar-refractivity contribution is 6.30. The zero-order chi connectivity index (χ0) is 20.1. The van der Waals surface area contributed by atoms with Crippen molar-refractivity contribution >= 4 is 17.5 Å². The van der Waals surface area contributed by atoms with Crippen LogP contribution in [0.15, 0.2) is 54.7 Å². The summed E-state index contributed by atoms with van der Waals surface area (Å²) in [5.41, 5.74) is 4.46. The number of nitrogens with zero attached hydrogens (tertiary/aromatic N) is 2. The van der Waals surface area contributed by atoms with E-state index in [1.807, 2.05) is 48.5 Å². The van der Waals surface area contributed by atoms with E-state index in [1.54, 1.807) is 18.0 Å². The molecule has 0 saturated carbocycles. The Morgan fingerprint density at radius 1 is 1.11 bits per heavy atom. The summed E-state index contributed by atoms with van der Waals surface area (Å²) < 4.78 is 6.92. The maximum atomic E-state index is 12.8. The normalized spacial score (nSPS) is 11.0. The van der Waals surface area contributed by atoms with Gasteiger partial charge < -0.3 is 10.1 Å². The molecular formula is C22H24ClN3O2. The summed E-state index contributed by atoms with van der Waals surface area (Å²) in [6, 6.07) is 15.4. The van der Waals surface area contributed by atoms with Crippen molar-refractivity contribution in [1.82, 2.24) is 15.1 Å². The van der Waals surface area contributed by atoms with Gasteiger partial charge in [0.05, 0.1) is 29.7 Å². The van der Waals surface area contributed by atoms with Crippen LogP contribution in [0.1, 0.15) is 46.9 Å². The number of carbonyl (C=O) groups is 1. The predicted octanol–water partition coefficient (Wildman–Crippen LogP) is 4.73. The molecular weight excluding hydrogens is 374 g/mol. The Kier molecular flexibility index (Phi) is 6.49. The monoisotopic (exact) mass is 397 g/mol. The van der Waals surface area contributed by atoms with E-state index in [1.165, 1.54) is 0 Å². The molecule has 0 radical (unpaired) electrons. The first kappa shape index (κ1) is 20.1. The third-order valence-corrected chi connectivity index (χ3v) is 4.71. The van der Waals surface area contributed by atoms with Gasteiger partial charge in [0.1, 0.15) is 0 Å². The predicted molar refractivity (Wildman–Crippen MR) is 111 cm³/mol. The van der Waals surface area contributed by atoms with Crippen molar-refractivity contribution in [2.24, 2.45) is 0 Å². The molecule has 0 fully saturated rings. The second kappa shape index (κ2) is 9.04. The molecule has 0 unspecified atom stereocenters. The first-order valence-electron chi connectivity index (χ1n) is 9.18. The second-order valence-electron chi connectivity index (χ2n) is 6.92. The number of aromatic nitrogens is 2. The van der Waals surface area contributed by atoms with Gasteiger partial charge in [-0.05, 0) is 41.3 Å². The number of benzene rings is 2. The smallest absolute Gasteiger partial charge is 0.255 e. The Balaban J connectivity index is 1.77. The Morgan fingerprint density at radius 3 is 2.36 bits per heavy atom. The molecule has 0 bridgehead atoms. The minimum atomic E-state index is -0.134. The van der Waals surface area contributed by atoms with Crippen LogP contribution in [0.25, 0.3) is 5.69 Å². The lowest BCUT2D eigenvalue weighted by Crippen LogP contribution is -2.24. The zero-order valence-electron chi connectivity index (χ0n) is 16.3. The van der Waals surface area contributed by atoms with Gasteiger partial charge in [-0.25, -0.2) is 4.68 Å². The third-order valence-electron chi connectivity index (χ3n) is 4.46. The van der Waals surface area contributed by atoms with Gasteiger partial charge in [-0.15, -0.1) is 0 Å². The molecule has 1 aromatic heterocycles. The van der Waals surface area contributed by atoms with Crippen LogP contribution < -0.4 is 5.32 Å². The van der Waals surface area contributed by atoms with E-state index in [4.69, 9.17) is 16.3 Å². The first-order valence-corrected chi connectivity index (χ1v) is 9.56. The van der Waals surface area contributed by atoms with E-state index in [2.05, 4.69) is 24.3 Å². The SMILES string of the molecule is COCc1ccc(CNC(=O)c2cnn(-c3ccc(Cl)cc3)c2C(C)C)cc1. The van der Waals surface area contributed by atoms with Crippen molar-refractivity contribution in [2.75, 3.05) is 7.11 Å². The fraction of sp³-hybridized carbons (Fsp3) is 0.273. The van der Waals surface area contributed by atoms with Gasteiger partial charge in [-0.2, -0.15) is 5.10 Å². The van der Waals surface area contributed by atoms with E-state index in [-0.39, 0.29) is 11.8 Å². The highest BCUT2D eigenvalue weighted by Crippen LogP contribution is 2.24. The quantitative estimate of drug-likeness (QED) is 0.627. The van der Waals surface area contributed by atoms with Crippen LogP contribution in [0.4, 0.5) is 0 Å². The van der Waals surface area contributed by atoms with Gasteiger partial charge in [0, 0.05) is 18.7 Å². The van der Waals surface area contributed by atoms with Gasteiger partial charge in [-0.3, -0.25) is 4.79 Å². The summed E-state index contributed by atoms with van der Waals surface area (Å²) in [7, 11) is 1.67. The van der Waals surface area contributed by atoms with Crippen LogP contribution in [0.5, 0.6) is 0 Å². The summed E-state index contributed by atoms with van der Waals surface area (Å²) in [6.07, 6.45) is 1.63. The number of halogens is 1. The molecule has 0 atom stereocenters. The molecule has 28 heavy (non-hydrogen) atoms. The second-order valence-corrected chi connectivity index (χ2v) is 7.36. The molecule has 0 aliphatic carbocycles. The number of nitrogens with one attached hydrogen (secondary N) is 1. The maximum absolute atomic E-state index is 12.8. The number of ether oxygens (including phenoxy) is 1. The van der Waals surface area contributed by atoms with E-state index in [0.717, 1.165) is 22.5 Å². The van der Waals surface area contributed by atoms with E-state index in [0.29, 0.717) is 23.7 Å². The van der Waals surface area contributed by atoms with Crippen molar-refractivity contribution in [3.8, 4) is 5.69 Å². The number of carbonyl (C=O) groups excluding carboxylic acids is 1.